The summed E-state index contributed by atoms with van der Waals surface area (Å²) in [5.74, 6) is 0. The number of likely N-dealkylation sites (N-methyl/N-ethyl adjacent to an activating group) is 1. The summed E-state index contributed by atoms with van der Waals surface area (Å²) in [7, 11) is 2.16. The highest BCUT2D eigenvalue weighted by Crippen LogP contribution is 2.13. The van der Waals surface area contributed by atoms with Gasteiger partial charge in [-0.2, -0.15) is 0 Å². The molecule has 1 saturated heterocycles. The molecule has 1 aliphatic rings. The van der Waals surface area contributed by atoms with E-state index < -0.39 is 0 Å². The van der Waals surface area contributed by atoms with E-state index >= 15 is 0 Å². The second kappa shape index (κ2) is 18.8. The monoisotopic (exact) mass is 398 g/mol. The Labute approximate surface area is 176 Å². The minimum Gasteiger partial charge on any atom is -0.389 e. The number of unbranched alkanes of at least 4 members (excludes halogenated alkanes) is 13. The molecule has 28 heavy (non-hydrogen) atoms. The van der Waals surface area contributed by atoms with Gasteiger partial charge in [0.2, 0.25) is 0 Å². The summed E-state index contributed by atoms with van der Waals surface area (Å²) in [4.78, 5) is 4.69. The number of piperazine rings is 1. The van der Waals surface area contributed by atoms with Crippen molar-refractivity contribution < 1.29 is 9.84 Å². The molecule has 1 heterocycles. The van der Waals surface area contributed by atoms with Crippen molar-refractivity contribution >= 4 is 0 Å². The van der Waals surface area contributed by atoms with Crippen LogP contribution in [0.4, 0.5) is 0 Å². The van der Waals surface area contributed by atoms with Crippen LogP contribution in [0.2, 0.25) is 0 Å². The SMILES string of the molecule is CCCCCCCCCCCCCCCCOCC(O)CN1CCN(C)CC1. The molecule has 168 valence electrons. The minimum atomic E-state index is -0.338. The number of aliphatic hydroxyl groups is 1. The molecule has 0 aromatic heterocycles. The molecule has 0 saturated carbocycles. The summed E-state index contributed by atoms with van der Waals surface area (Å²) in [5, 5.41) is 10.1. The van der Waals surface area contributed by atoms with Gasteiger partial charge in [-0.3, -0.25) is 4.90 Å². The van der Waals surface area contributed by atoms with Gasteiger partial charge in [-0.25, -0.2) is 0 Å². The first-order chi connectivity index (χ1) is 13.7. The fourth-order valence-corrected chi connectivity index (χ4v) is 4.00. The lowest BCUT2D eigenvalue weighted by Gasteiger charge is -2.33. The topological polar surface area (TPSA) is 35.9 Å². The molecule has 1 unspecified atom stereocenters. The number of ether oxygens (including phenoxy) is 1. The van der Waals surface area contributed by atoms with Crippen molar-refractivity contribution in [2.24, 2.45) is 0 Å². The molecule has 4 heteroatoms. The normalized spacial score (nSPS) is 17.2. The van der Waals surface area contributed by atoms with Crippen LogP contribution in [0, 0.1) is 0 Å². The lowest BCUT2D eigenvalue weighted by atomic mass is 10.0. The van der Waals surface area contributed by atoms with Crippen molar-refractivity contribution in [1.82, 2.24) is 9.80 Å². The van der Waals surface area contributed by atoms with Gasteiger partial charge in [-0.15, -0.1) is 0 Å². The average molecular weight is 399 g/mol. The molecule has 0 spiro atoms. The summed E-state index contributed by atoms with van der Waals surface area (Å²) in [6.07, 6.45) is 19.0. The van der Waals surface area contributed by atoms with Gasteiger partial charge in [0.15, 0.2) is 0 Å². The van der Waals surface area contributed by atoms with Crippen molar-refractivity contribution in [3.05, 3.63) is 0 Å². The highest BCUT2D eigenvalue weighted by Gasteiger charge is 2.16. The number of rotatable bonds is 19. The molecule has 1 fully saturated rings. The van der Waals surface area contributed by atoms with Gasteiger partial charge in [0.05, 0.1) is 12.7 Å². The summed E-state index contributed by atoms with van der Waals surface area (Å²) in [6.45, 7) is 8.67. The predicted octanol–water partition coefficient (Wildman–Crippen LogP) is 5.09. The van der Waals surface area contributed by atoms with E-state index in [-0.39, 0.29) is 6.10 Å². The van der Waals surface area contributed by atoms with Crippen LogP contribution in [-0.2, 0) is 4.74 Å². The molecule has 0 aromatic carbocycles. The Hall–Kier alpha value is -0.160. The minimum absolute atomic E-state index is 0.338. The Kier molecular flexibility index (Phi) is 17.4. The third kappa shape index (κ3) is 15.7. The quantitative estimate of drug-likeness (QED) is 0.307. The third-order valence-corrected chi connectivity index (χ3v) is 6.02. The van der Waals surface area contributed by atoms with E-state index in [0.717, 1.165) is 45.8 Å². The van der Waals surface area contributed by atoms with Crippen LogP contribution < -0.4 is 0 Å². The zero-order chi connectivity index (χ0) is 20.3. The van der Waals surface area contributed by atoms with E-state index in [2.05, 4.69) is 23.8 Å². The van der Waals surface area contributed by atoms with Crippen LogP contribution in [0.25, 0.3) is 0 Å². The van der Waals surface area contributed by atoms with E-state index in [1.165, 1.54) is 83.5 Å². The van der Waals surface area contributed by atoms with E-state index in [4.69, 9.17) is 4.74 Å². The Bertz CT molecular complexity index is 320. The highest BCUT2D eigenvalue weighted by atomic mass is 16.5. The van der Waals surface area contributed by atoms with Crippen LogP contribution in [0.3, 0.4) is 0 Å². The lowest BCUT2D eigenvalue weighted by molar-refractivity contribution is 0.00790. The molecule has 0 aliphatic carbocycles. The van der Waals surface area contributed by atoms with Crippen molar-refractivity contribution in [1.29, 1.82) is 0 Å². The Morgan fingerprint density at radius 1 is 0.714 bits per heavy atom. The number of hydrogen-bond acceptors (Lipinski definition) is 4. The summed E-state index contributed by atoms with van der Waals surface area (Å²) in [6, 6.07) is 0. The highest BCUT2D eigenvalue weighted by molar-refractivity contribution is 4.72. The zero-order valence-electron chi connectivity index (χ0n) is 19.2. The molecule has 0 aromatic rings. The van der Waals surface area contributed by atoms with Gasteiger partial charge < -0.3 is 14.7 Å². The Morgan fingerprint density at radius 2 is 1.18 bits per heavy atom. The first-order valence-corrected chi connectivity index (χ1v) is 12.4. The largest absolute Gasteiger partial charge is 0.389 e. The van der Waals surface area contributed by atoms with Crippen LogP contribution >= 0.6 is 0 Å². The van der Waals surface area contributed by atoms with Crippen molar-refractivity contribution in [3.63, 3.8) is 0 Å². The van der Waals surface area contributed by atoms with Crippen molar-refractivity contribution in [3.8, 4) is 0 Å². The summed E-state index contributed by atoms with van der Waals surface area (Å²) < 4.78 is 5.68. The van der Waals surface area contributed by atoms with Gasteiger partial charge in [0.25, 0.3) is 0 Å². The van der Waals surface area contributed by atoms with E-state index in [1.54, 1.807) is 0 Å². The molecule has 1 aliphatic heterocycles. The van der Waals surface area contributed by atoms with E-state index in [9.17, 15) is 5.11 Å². The number of nitrogens with zero attached hydrogens (tertiary/aromatic N) is 2. The molecule has 1 rings (SSSR count). The zero-order valence-corrected chi connectivity index (χ0v) is 19.2. The Balaban J connectivity index is 1.74. The van der Waals surface area contributed by atoms with Crippen LogP contribution in [-0.4, -0.2) is 74.0 Å². The van der Waals surface area contributed by atoms with Crippen LogP contribution in [0.15, 0.2) is 0 Å². The standard InChI is InChI=1S/C24H50N2O2/c1-3-4-5-6-7-8-9-10-11-12-13-14-15-16-21-28-23-24(27)22-26-19-17-25(2)18-20-26/h24,27H,3-23H2,1-2H3. The lowest BCUT2D eigenvalue weighted by Crippen LogP contribution is -2.47. The molecule has 1 N–H and O–H groups in total. The number of aliphatic hydroxyl groups excluding tert-OH is 1. The molecule has 0 radical (unpaired) electrons. The first kappa shape index (κ1) is 25.9. The third-order valence-electron chi connectivity index (χ3n) is 6.02. The van der Waals surface area contributed by atoms with Gasteiger partial charge in [-0.1, -0.05) is 90.4 Å². The second-order valence-corrected chi connectivity index (χ2v) is 8.93. The smallest absolute Gasteiger partial charge is 0.0900 e. The molecule has 4 nitrogen and oxygen atoms in total. The maximum Gasteiger partial charge on any atom is 0.0900 e. The average Bonchev–Trinajstić information content (AvgIpc) is 2.69. The molecular formula is C24H50N2O2. The summed E-state index contributed by atoms with van der Waals surface area (Å²) >= 11 is 0. The van der Waals surface area contributed by atoms with Gasteiger partial charge >= 0.3 is 0 Å². The molecule has 0 bridgehead atoms. The van der Waals surface area contributed by atoms with E-state index in [1.807, 2.05) is 0 Å². The molecule has 0 amide bonds. The fourth-order valence-electron chi connectivity index (χ4n) is 4.00. The molecule has 1 atom stereocenters. The number of hydrogen-bond donors (Lipinski definition) is 1. The van der Waals surface area contributed by atoms with Gasteiger partial charge in [-0.05, 0) is 13.5 Å². The van der Waals surface area contributed by atoms with E-state index in [0.29, 0.717) is 6.61 Å². The van der Waals surface area contributed by atoms with Crippen molar-refractivity contribution in [2.75, 3.05) is 53.0 Å². The van der Waals surface area contributed by atoms with Crippen molar-refractivity contribution in [2.45, 2.75) is 103 Å². The first-order valence-electron chi connectivity index (χ1n) is 12.4. The van der Waals surface area contributed by atoms with Crippen LogP contribution in [0.5, 0.6) is 0 Å². The predicted molar refractivity (Wildman–Crippen MR) is 121 cm³/mol. The fraction of sp³-hybridized carbons (Fsp3) is 1.00. The maximum atomic E-state index is 10.1. The number of β-amino-alcohol motifs (C(OH)–C–C–N with tert-alkyl or cyclic N) is 1. The molecular weight excluding hydrogens is 348 g/mol. The second-order valence-electron chi connectivity index (χ2n) is 8.93. The van der Waals surface area contributed by atoms with Gasteiger partial charge in [0.1, 0.15) is 0 Å². The Morgan fingerprint density at radius 3 is 1.68 bits per heavy atom. The van der Waals surface area contributed by atoms with Crippen LogP contribution in [0.1, 0.15) is 96.8 Å². The van der Waals surface area contributed by atoms with Gasteiger partial charge in [0, 0.05) is 39.3 Å². The maximum absolute atomic E-state index is 10.1. The summed E-state index contributed by atoms with van der Waals surface area (Å²) in [5.41, 5.74) is 0.